The first-order chi connectivity index (χ1) is 12.4. The van der Waals surface area contributed by atoms with Crippen molar-refractivity contribution in [2.75, 3.05) is 0 Å². The van der Waals surface area contributed by atoms with E-state index in [0.717, 1.165) is 4.68 Å². The van der Waals surface area contributed by atoms with Crippen molar-refractivity contribution in [3.05, 3.63) is 70.5 Å². The van der Waals surface area contributed by atoms with E-state index in [4.69, 9.17) is 4.42 Å². The van der Waals surface area contributed by atoms with Crippen LogP contribution in [0.2, 0.25) is 0 Å². The summed E-state index contributed by atoms with van der Waals surface area (Å²) in [5.41, 5.74) is 0.563. The van der Waals surface area contributed by atoms with E-state index in [0.29, 0.717) is 5.56 Å². The van der Waals surface area contributed by atoms with E-state index in [1.807, 2.05) is 0 Å². The Labute approximate surface area is 144 Å². The van der Waals surface area contributed by atoms with Crippen LogP contribution in [0.3, 0.4) is 0 Å². The van der Waals surface area contributed by atoms with Crippen LogP contribution in [0, 0.1) is 5.82 Å². The molecular weight excluding hydrogens is 353 g/mol. The number of hydrogen-bond acceptors (Lipinski definition) is 5. The zero-order chi connectivity index (χ0) is 18.7. The van der Waals surface area contributed by atoms with Gasteiger partial charge in [-0.1, -0.05) is 0 Å². The molecule has 1 aromatic heterocycles. The van der Waals surface area contributed by atoms with Crippen molar-refractivity contribution in [2.45, 2.75) is 13.2 Å². The Kier molecular flexibility index (Phi) is 4.87. The third-order valence-electron chi connectivity index (χ3n) is 3.39. The standard InChI is InChI=1S/C17H11F3N2O4/c18-12-5-1-11(2-6-12)15-21-22(17(24)26-15)9-14(23)10-3-7-13(8-4-10)25-16(19)20/h1-8,16H,9H2. The molecule has 9 heteroatoms. The van der Waals surface area contributed by atoms with Crippen LogP contribution in [-0.2, 0) is 6.54 Å². The number of halogens is 3. The fraction of sp³-hybridized carbons (Fsp3) is 0.118. The molecule has 2 aromatic carbocycles. The number of benzene rings is 2. The summed E-state index contributed by atoms with van der Waals surface area (Å²) in [4.78, 5) is 24.0. The lowest BCUT2D eigenvalue weighted by molar-refractivity contribution is -0.0498. The molecule has 0 unspecified atom stereocenters. The average molecular weight is 364 g/mol. The Morgan fingerprint density at radius 2 is 1.77 bits per heavy atom. The molecule has 3 rings (SSSR count). The highest BCUT2D eigenvalue weighted by Gasteiger charge is 2.15. The zero-order valence-corrected chi connectivity index (χ0v) is 13.1. The normalized spacial score (nSPS) is 10.9. The van der Waals surface area contributed by atoms with Crippen LogP contribution in [0.15, 0.2) is 57.7 Å². The Bertz CT molecular complexity index is 963. The summed E-state index contributed by atoms with van der Waals surface area (Å²) in [7, 11) is 0. The second-order valence-corrected chi connectivity index (χ2v) is 5.16. The van der Waals surface area contributed by atoms with Crippen molar-refractivity contribution in [3.63, 3.8) is 0 Å². The van der Waals surface area contributed by atoms with Gasteiger partial charge in [0.05, 0.1) is 0 Å². The van der Waals surface area contributed by atoms with Crippen molar-refractivity contribution in [1.29, 1.82) is 0 Å². The van der Waals surface area contributed by atoms with E-state index < -0.39 is 30.5 Å². The number of carbonyl (C=O) groups is 1. The number of ether oxygens (including phenoxy) is 1. The quantitative estimate of drug-likeness (QED) is 0.628. The van der Waals surface area contributed by atoms with Crippen LogP contribution in [0.5, 0.6) is 5.75 Å². The summed E-state index contributed by atoms with van der Waals surface area (Å²) >= 11 is 0. The van der Waals surface area contributed by atoms with E-state index >= 15 is 0 Å². The maximum absolute atomic E-state index is 12.9. The van der Waals surface area contributed by atoms with Crippen molar-refractivity contribution in [3.8, 4) is 17.2 Å². The number of Topliss-reactive ketones (excluding diaryl/α,β-unsaturated/α-hetero) is 1. The molecular formula is C17H11F3N2O4. The minimum atomic E-state index is -2.96. The number of alkyl halides is 2. The van der Waals surface area contributed by atoms with Crippen LogP contribution in [0.4, 0.5) is 13.2 Å². The Balaban J connectivity index is 1.75. The molecule has 0 atom stereocenters. The fourth-order valence-electron chi connectivity index (χ4n) is 2.16. The lowest BCUT2D eigenvalue weighted by Gasteiger charge is -2.05. The van der Waals surface area contributed by atoms with E-state index in [2.05, 4.69) is 9.84 Å². The maximum atomic E-state index is 12.9. The van der Waals surface area contributed by atoms with Crippen LogP contribution >= 0.6 is 0 Å². The van der Waals surface area contributed by atoms with Crippen LogP contribution in [0.25, 0.3) is 11.5 Å². The second kappa shape index (κ2) is 7.26. The van der Waals surface area contributed by atoms with Crippen LogP contribution < -0.4 is 10.5 Å². The topological polar surface area (TPSA) is 74.3 Å². The largest absolute Gasteiger partial charge is 0.437 e. The number of rotatable bonds is 6. The van der Waals surface area contributed by atoms with Gasteiger partial charge in [0.2, 0.25) is 5.89 Å². The molecule has 0 saturated carbocycles. The summed E-state index contributed by atoms with van der Waals surface area (Å²) in [6.45, 7) is -3.37. The van der Waals surface area contributed by atoms with E-state index in [9.17, 15) is 22.8 Å². The molecule has 134 valence electrons. The molecule has 0 N–H and O–H groups in total. The van der Waals surface area contributed by atoms with Gasteiger partial charge in [-0.15, -0.1) is 5.10 Å². The number of nitrogens with zero attached hydrogens (tertiary/aromatic N) is 2. The van der Waals surface area contributed by atoms with E-state index in [-0.39, 0.29) is 17.2 Å². The summed E-state index contributed by atoms with van der Waals surface area (Å²) in [5, 5.41) is 3.90. The molecule has 0 aliphatic carbocycles. The molecule has 3 aromatic rings. The van der Waals surface area contributed by atoms with Gasteiger partial charge >= 0.3 is 12.4 Å². The minimum Gasteiger partial charge on any atom is -0.435 e. The minimum absolute atomic E-state index is 0.0523. The third kappa shape index (κ3) is 4.00. The molecule has 0 bridgehead atoms. The zero-order valence-electron chi connectivity index (χ0n) is 13.1. The number of hydrogen-bond donors (Lipinski definition) is 0. The monoisotopic (exact) mass is 364 g/mol. The molecule has 0 radical (unpaired) electrons. The van der Waals surface area contributed by atoms with Crippen LogP contribution in [0.1, 0.15) is 10.4 Å². The first-order valence-corrected chi connectivity index (χ1v) is 7.34. The molecule has 26 heavy (non-hydrogen) atoms. The van der Waals surface area contributed by atoms with Gasteiger partial charge in [0.1, 0.15) is 18.1 Å². The maximum Gasteiger partial charge on any atom is 0.437 e. The van der Waals surface area contributed by atoms with Crippen LogP contribution in [-0.4, -0.2) is 22.2 Å². The van der Waals surface area contributed by atoms with Gasteiger partial charge in [-0.2, -0.15) is 13.5 Å². The van der Waals surface area contributed by atoms with Gasteiger partial charge in [0.15, 0.2) is 5.78 Å². The van der Waals surface area contributed by atoms with Crippen molar-refractivity contribution in [2.24, 2.45) is 0 Å². The second-order valence-electron chi connectivity index (χ2n) is 5.16. The Hall–Kier alpha value is -3.36. The first-order valence-electron chi connectivity index (χ1n) is 7.34. The fourth-order valence-corrected chi connectivity index (χ4v) is 2.16. The average Bonchev–Trinajstić information content (AvgIpc) is 2.96. The molecule has 6 nitrogen and oxygen atoms in total. The van der Waals surface area contributed by atoms with Gasteiger partial charge in [0.25, 0.3) is 0 Å². The highest BCUT2D eigenvalue weighted by atomic mass is 19.3. The molecule has 1 heterocycles. The molecule has 0 spiro atoms. The van der Waals surface area contributed by atoms with Gasteiger partial charge in [-0.3, -0.25) is 4.79 Å². The van der Waals surface area contributed by atoms with Gasteiger partial charge in [-0.05, 0) is 48.5 Å². The highest BCUT2D eigenvalue weighted by molar-refractivity contribution is 5.95. The Morgan fingerprint density at radius 1 is 1.12 bits per heavy atom. The number of ketones is 1. The molecule has 0 amide bonds. The number of aromatic nitrogens is 2. The van der Waals surface area contributed by atoms with Gasteiger partial charge < -0.3 is 9.15 Å². The molecule has 0 aliphatic heterocycles. The summed E-state index contributed by atoms with van der Waals surface area (Å²) in [5.74, 6) is -1.92. The van der Waals surface area contributed by atoms with Gasteiger partial charge in [-0.25, -0.2) is 9.18 Å². The smallest absolute Gasteiger partial charge is 0.435 e. The predicted molar refractivity (Wildman–Crippen MR) is 83.6 cm³/mol. The summed E-state index contributed by atoms with van der Waals surface area (Å²) in [6.07, 6.45) is 0. The predicted octanol–water partition coefficient (Wildman–Crippen LogP) is 3.13. The molecule has 0 fully saturated rings. The summed E-state index contributed by atoms with van der Waals surface area (Å²) in [6, 6.07) is 10.2. The molecule has 0 saturated heterocycles. The van der Waals surface area contributed by atoms with E-state index in [1.165, 1.54) is 48.5 Å². The van der Waals surface area contributed by atoms with Crippen molar-refractivity contribution < 1.29 is 27.1 Å². The lowest BCUT2D eigenvalue weighted by atomic mass is 10.1. The third-order valence-corrected chi connectivity index (χ3v) is 3.39. The van der Waals surface area contributed by atoms with Crippen molar-refractivity contribution in [1.82, 2.24) is 9.78 Å². The van der Waals surface area contributed by atoms with E-state index in [1.54, 1.807) is 0 Å². The van der Waals surface area contributed by atoms with Crippen molar-refractivity contribution >= 4 is 5.78 Å². The SMILES string of the molecule is O=C(Cn1nc(-c2ccc(F)cc2)oc1=O)c1ccc(OC(F)F)cc1. The number of carbonyl (C=O) groups excluding carboxylic acids is 1. The first kappa shape index (κ1) is 17.5. The summed E-state index contributed by atoms with van der Waals surface area (Å²) < 4.78 is 47.1. The lowest BCUT2D eigenvalue weighted by Crippen LogP contribution is -2.21. The molecule has 0 aliphatic rings. The van der Waals surface area contributed by atoms with Gasteiger partial charge in [0, 0.05) is 11.1 Å². The highest BCUT2D eigenvalue weighted by Crippen LogP contribution is 2.17. The Morgan fingerprint density at radius 3 is 2.38 bits per heavy atom.